The van der Waals surface area contributed by atoms with E-state index in [1.54, 1.807) is 20.3 Å². The van der Waals surface area contributed by atoms with Crippen molar-refractivity contribution < 1.29 is 14.2 Å². The van der Waals surface area contributed by atoms with Crippen molar-refractivity contribution in [1.29, 1.82) is 0 Å². The molecule has 4 nitrogen and oxygen atoms in total. The van der Waals surface area contributed by atoms with Crippen LogP contribution >= 0.6 is 0 Å². The minimum Gasteiger partial charge on any atom is -0.493 e. The molecule has 2 N–H and O–H groups in total. The molecule has 17 heavy (non-hydrogen) atoms. The average molecular weight is 237 g/mol. The van der Waals surface area contributed by atoms with Crippen molar-refractivity contribution in [1.82, 2.24) is 0 Å². The van der Waals surface area contributed by atoms with Gasteiger partial charge in [0.15, 0.2) is 11.5 Å². The molecule has 1 aromatic rings. The Morgan fingerprint density at radius 3 is 2.24 bits per heavy atom. The van der Waals surface area contributed by atoms with E-state index in [1.807, 2.05) is 12.1 Å². The lowest BCUT2D eigenvalue weighted by atomic mass is 10.2. The van der Waals surface area contributed by atoms with E-state index in [4.69, 9.17) is 19.9 Å². The Bertz CT molecular complexity index is 352. The predicted octanol–water partition coefficient (Wildman–Crippen LogP) is 2.12. The van der Waals surface area contributed by atoms with Gasteiger partial charge in [0.2, 0.25) is 5.75 Å². The molecule has 0 aliphatic carbocycles. The Kier molecular flexibility index (Phi) is 5.36. The smallest absolute Gasteiger partial charge is 0.203 e. The van der Waals surface area contributed by atoms with E-state index >= 15 is 0 Å². The summed E-state index contributed by atoms with van der Waals surface area (Å²) in [4.78, 5) is 0. The van der Waals surface area contributed by atoms with E-state index in [1.165, 1.54) is 0 Å². The Labute approximate surface area is 102 Å². The fourth-order valence-corrected chi connectivity index (χ4v) is 1.44. The molecule has 0 aromatic heterocycles. The summed E-state index contributed by atoms with van der Waals surface area (Å²) in [5.74, 6) is 1.87. The molecule has 0 amide bonds. The molecule has 0 spiro atoms. The number of hydrogen-bond acceptors (Lipinski definition) is 4. The number of benzene rings is 1. The lowest BCUT2D eigenvalue weighted by Gasteiger charge is -2.15. The van der Waals surface area contributed by atoms with Gasteiger partial charge in [0, 0.05) is 6.54 Å². The van der Waals surface area contributed by atoms with Gasteiger partial charge in [0.1, 0.15) is 0 Å². The van der Waals surface area contributed by atoms with Gasteiger partial charge in [-0.3, -0.25) is 0 Å². The van der Waals surface area contributed by atoms with Crippen molar-refractivity contribution in [2.24, 2.45) is 5.73 Å². The highest BCUT2D eigenvalue weighted by molar-refractivity contribution is 5.53. The maximum absolute atomic E-state index is 5.63. The van der Waals surface area contributed by atoms with Crippen molar-refractivity contribution in [3.05, 3.63) is 30.4 Å². The van der Waals surface area contributed by atoms with E-state index in [9.17, 15) is 0 Å². The monoisotopic (exact) mass is 237 g/mol. The summed E-state index contributed by atoms with van der Waals surface area (Å²) in [6.07, 6.45) is 2.57. The van der Waals surface area contributed by atoms with E-state index in [0.717, 1.165) is 12.0 Å². The number of rotatable bonds is 7. The van der Waals surface area contributed by atoms with Gasteiger partial charge in [-0.1, -0.05) is 6.08 Å². The van der Waals surface area contributed by atoms with E-state index in [0.29, 0.717) is 30.4 Å². The Hall–Kier alpha value is -1.68. The second-order valence-electron chi connectivity index (χ2n) is 3.46. The molecule has 0 heterocycles. The first kappa shape index (κ1) is 13.4. The highest BCUT2D eigenvalue weighted by atomic mass is 16.5. The Morgan fingerprint density at radius 2 is 1.82 bits per heavy atom. The maximum Gasteiger partial charge on any atom is 0.203 e. The predicted molar refractivity (Wildman–Crippen MR) is 67.7 cm³/mol. The summed E-state index contributed by atoms with van der Waals surface area (Å²) in [6.45, 7) is 4.62. The van der Waals surface area contributed by atoms with Gasteiger partial charge in [-0.05, 0) is 24.1 Å². The molecule has 0 saturated heterocycles. The molecule has 94 valence electrons. The van der Waals surface area contributed by atoms with E-state index in [2.05, 4.69) is 6.58 Å². The number of methoxy groups -OCH3 is 2. The van der Waals surface area contributed by atoms with Gasteiger partial charge >= 0.3 is 0 Å². The van der Waals surface area contributed by atoms with Crippen LogP contribution in [0.1, 0.15) is 12.0 Å². The summed E-state index contributed by atoms with van der Waals surface area (Å²) < 4.78 is 16.2. The summed E-state index contributed by atoms with van der Waals surface area (Å²) in [5.41, 5.74) is 6.54. The zero-order chi connectivity index (χ0) is 12.7. The lowest BCUT2D eigenvalue weighted by molar-refractivity contribution is 0.279. The molecule has 1 rings (SSSR count). The van der Waals surface area contributed by atoms with Crippen LogP contribution in [0.3, 0.4) is 0 Å². The summed E-state index contributed by atoms with van der Waals surface area (Å²) in [5, 5.41) is 0. The van der Waals surface area contributed by atoms with Gasteiger partial charge < -0.3 is 19.9 Å². The third kappa shape index (κ3) is 3.39. The van der Waals surface area contributed by atoms with Crippen LogP contribution in [0.25, 0.3) is 0 Å². The van der Waals surface area contributed by atoms with Crippen LogP contribution in [0.2, 0.25) is 0 Å². The van der Waals surface area contributed by atoms with Crippen molar-refractivity contribution in [2.75, 3.05) is 20.8 Å². The summed E-state index contributed by atoms with van der Waals surface area (Å²) in [6, 6.07) is 3.71. The largest absolute Gasteiger partial charge is 0.493 e. The van der Waals surface area contributed by atoms with Gasteiger partial charge in [0.05, 0.1) is 20.8 Å². The lowest BCUT2D eigenvalue weighted by Crippen LogP contribution is -2.03. The number of ether oxygens (including phenoxy) is 3. The van der Waals surface area contributed by atoms with E-state index < -0.39 is 0 Å². The van der Waals surface area contributed by atoms with Crippen LogP contribution in [0, 0.1) is 0 Å². The zero-order valence-corrected chi connectivity index (χ0v) is 10.4. The molecule has 1 aromatic carbocycles. The van der Waals surface area contributed by atoms with Crippen molar-refractivity contribution in [3.8, 4) is 17.2 Å². The molecule has 0 saturated carbocycles. The molecule has 0 aliphatic rings. The van der Waals surface area contributed by atoms with Crippen LogP contribution in [-0.2, 0) is 6.54 Å². The minimum absolute atomic E-state index is 0.430. The molecule has 0 fully saturated rings. The minimum atomic E-state index is 0.430. The molecule has 0 radical (unpaired) electrons. The Balaban J connectivity index is 3.01. The van der Waals surface area contributed by atoms with Crippen molar-refractivity contribution >= 4 is 0 Å². The van der Waals surface area contributed by atoms with Crippen molar-refractivity contribution in [3.63, 3.8) is 0 Å². The fraction of sp³-hybridized carbons (Fsp3) is 0.385. The van der Waals surface area contributed by atoms with Crippen LogP contribution in [-0.4, -0.2) is 20.8 Å². The quantitative estimate of drug-likeness (QED) is 0.583. The standard InChI is InChI=1S/C13H19NO3/c1-4-5-6-17-13-11(15-2)7-10(9-14)8-12(13)16-3/h4,7-8H,1,5-6,9,14H2,2-3H3. The average Bonchev–Trinajstić information content (AvgIpc) is 2.38. The van der Waals surface area contributed by atoms with Crippen LogP contribution in [0.15, 0.2) is 24.8 Å². The molecular formula is C13H19NO3. The third-order valence-electron chi connectivity index (χ3n) is 2.32. The molecule has 0 unspecified atom stereocenters. The fourth-order valence-electron chi connectivity index (χ4n) is 1.44. The second kappa shape index (κ2) is 6.81. The van der Waals surface area contributed by atoms with Crippen LogP contribution in [0.5, 0.6) is 17.2 Å². The first-order valence-corrected chi connectivity index (χ1v) is 5.45. The number of nitrogens with two attached hydrogens (primary N) is 1. The van der Waals surface area contributed by atoms with E-state index in [-0.39, 0.29) is 0 Å². The van der Waals surface area contributed by atoms with Crippen LogP contribution < -0.4 is 19.9 Å². The number of hydrogen-bond donors (Lipinski definition) is 1. The highest BCUT2D eigenvalue weighted by Gasteiger charge is 2.13. The normalized spacial score (nSPS) is 9.82. The zero-order valence-electron chi connectivity index (χ0n) is 10.4. The van der Waals surface area contributed by atoms with Gasteiger partial charge in [-0.25, -0.2) is 0 Å². The van der Waals surface area contributed by atoms with Crippen LogP contribution in [0.4, 0.5) is 0 Å². The summed E-state index contributed by atoms with van der Waals surface area (Å²) in [7, 11) is 3.19. The SMILES string of the molecule is C=CCCOc1c(OC)cc(CN)cc1OC. The first-order chi connectivity index (χ1) is 8.26. The molecular weight excluding hydrogens is 218 g/mol. The molecule has 4 heteroatoms. The van der Waals surface area contributed by atoms with Crippen molar-refractivity contribution in [2.45, 2.75) is 13.0 Å². The summed E-state index contributed by atoms with van der Waals surface area (Å²) >= 11 is 0. The van der Waals surface area contributed by atoms with Gasteiger partial charge in [-0.15, -0.1) is 6.58 Å². The molecule has 0 bridgehead atoms. The Morgan fingerprint density at radius 1 is 1.24 bits per heavy atom. The topological polar surface area (TPSA) is 53.7 Å². The van der Waals surface area contributed by atoms with Gasteiger partial charge in [0.25, 0.3) is 0 Å². The third-order valence-corrected chi connectivity index (χ3v) is 2.32. The second-order valence-corrected chi connectivity index (χ2v) is 3.46. The maximum atomic E-state index is 5.63. The molecule has 0 aliphatic heterocycles. The molecule has 0 atom stereocenters. The van der Waals surface area contributed by atoms with Gasteiger partial charge in [-0.2, -0.15) is 0 Å². The first-order valence-electron chi connectivity index (χ1n) is 5.45. The highest BCUT2D eigenvalue weighted by Crippen LogP contribution is 2.38.